The summed E-state index contributed by atoms with van der Waals surface area (Å²) in [6, 6.07) is 22.8. The molecule has 0 fully saturated rings. The van der Waals surface area contributed by atoms with Gasteiger partial charge >= 0.3 is 0 Å². The molecule has 0 unspecified atom stereocenters. The highest BCUT2D eigenvalue weighted by Gasteiger charge is 2.09. The Bertz CT molecular complexity index is 1090. The molecular formula is C25H27N3O2. The monoisotopic (exact) mass is 401 g/mol. The predicted molar refractivity (Wildman–Crippen MR) is 120 cm³/mol. The van der Waals surface area contributed by atoms with E-state index in [0.717, 1.165) is 37.1 Å². The van der Waals surface area contributed by atoms with Gasteiger partial charge in [0, 0.05) is 18.5 Å². The highest BCUT2D eigenvalue weighted by Crippen LogP contribution is 2.22. The number of aryl methyl sites for hydroxylation is 2. The quantitative estimate of drug-likeness (QED) is 0.369. The predicted octanol–water partition coefficient (Wildman–Crippen LogP) is 5.01. The minimum atomic E-state index is 0.544. The van der Waals surface area contributed by atoms with Gasteiger partial charge in [-0.1, -0.05) is 42.5 Å². The van der Waals surface area contributed by atoms with Crippen LogP contribution in [-0.2, 0) is 12.8 Å². The van der Waals surface area contributed by atoms with Crippen LogP contribution in [0.4, 0.5) is 0 Å². The molecule has 30 heavy (non-hydrogen) atoms. The van der Waals surface area contributed by atoms with E-state index in [1.165, 1.54) is 16.3 Å². The SMILES string of the molecule is CN(C)CCCOc1ccc(-c2nnc(CCc3ccc4ccccc4c3)o2)cc1. The molecule has 4 rings (SSSR count). The van der Waals surface area contributed by atoms with E-state index in [1.807, 2.05) is 24.3 Å². The molecule has 5 nitrogen and oxygen atoms in total. The lowest BCUT2D eigenvalue weighted by atomic mass is 10.0. The molecule has 0 N–H and O–H groups in total. The molecule has 0 amide bonds. The van der Waals surface area contributed by atoms with Gasteiger partial charge < -0.3 is 14.1 Å². The van der Waals surface area contributed by atoms with Crippen LogP contribution in [0.3, 0.4) is 0 Å². The van der Waals surface area contributed by atoms with Crippen molar-refractivity contribution in [2.24, 2.45) is 0 Å². The fourth-order valence-corrected chi connectivity index (χ4v) is 3.38. The van der Waals surface area contributed by atoms with E-state index < -0.39 is 0 Å². The molecule has 1 heterocycles. The largest absolute Gasteiger partial charge is 0.494 e. The van der Waals surface area contributed by atoms with Crippen molar-refractivity contribution in [1.82, 2.24) is 15.1 Å². The normalized spacial score (nSPS) is 11.3. The maximum absolute atomic E-state index is 5.88. The van der Waals surface area contributed by atoms with Crippen LogP contribution in [0.25, 0.3) is 22.2 Å². The van der Waals surface area contributed by atoms with Crippen molar-refractivity contribution in [1.29, 1.82) is 0 Å². The van der Waals surface area contributed by atoms with Crippen LogP contribution in [0.15, 0.2) is 71.1 Å². The van der Waals surface area contributed by atoms with Gasteiger partial charge in [0.05, 0.1) is 6.61 Å². The first kappa shape index (κ1) is 20.1. The Labute approximate surface area is 177 Å². The first-order valence-corrected chi connectivity index (χ1v) is 10.4. The lowest BCUT2D eigenvalue weighted by molar-refractivity contribution is 0.281. The van der Waals surface area contributed by atoms with Crippen LogP contribution in [-0.4, -0.2) is 42.3 Å². The van der Waals surface area contributed by atoms with Gasteiger partial charge in [-0.25, -0.2) is 0 Å². The van der Waals surface area contributed by atoms with Crippen molar-refractivity contribution in [2.75, 3.05) is 27.2 Å². The number of hydrogen-bond donors (Lipinski definition) is 0. The Morgan fingerprint density at radius 1 is 0.867 bits per heavy atom. The zero-order chi connectivity index (χ0) is 20.8. The lowest BCUT2D eigenvalue weighted by Gasteiger charge is -2.10. The molecule has 0 atom stereocenters. The average Bonchev–Trinajstić information content (AvgIpc) is 3.24. The molecule has 0 saturated heterocycles. The van der Waals surface area contributed by atoms with Crippen LogP contribution >= 0.6 is 0 Å². The molecule has 0 radical (unpaired) electrons. The number of nitrogens with zero attached hydrogens (tertiary/aromatic N) is 3. The third-order valence-electron chi connectivity index (χ3n) is 5.03. The molecule has 0 aliphatic heterocycles. The van der Waals surface area contributed by atoms with Crippen molar-refractivity contribution in [3.05, 3.63) is 78.2 Å². The van der Waals surface area contributed by atoms with Gasteiger partial charge in [0.15, 0.2) is 0 Å². The van der Waals surface area contributed by atoms with Crippen LogP contribution in [0.1, 0.15) is 17.9 Å². The van der Waals surface area contributed by atoms with E-state index in [2.05, 4.69) is 71.7 Å². The van der Waals surface area contributed by atoms with E-state index in [0.29, 0.717) is 18.4 Å². The zero-order valence-electron chi connectivity index (χ0n) is 17.5. The minimum Gasteiger partial charge on any atom is -0.494 e. The second kappa shape index (κ2) is 9.55. The van der Waals surface area contributed by atoms with E-state index in [4.69, 9.17) is 9.15 Å². The summed E-state index contributed by atoms with van der Waals surface area (Å²) < 4.78 is 11.7. The molecule has 154 valence electrons. The topological polar surface area (TPSA) is 51.4 Å². The van der Waals surface area contributed by atoms with E-state index >= 15 is 0 Å². The summed E-state index contributed by atoms with van der Waals surface area (Å²) in [6.45, 7) is 1.72. The van der Waals surface area contributed by atoms with Crippen LogP contribution in [0.2, 0.25) is 0 Å². The first-order valence-electron chi connectivity index (χ1n) is 10.4. The molecule has 3 aromatic carbocycles. The van der Waals surface area contributed by atoms with Gasteiger partial charge in [-0.3, -0.25) is 0 Å². The highest BCUT2D eigenvalue weighted by molar-refractivity contribution is 5.82. The number of rotatable bonds is 9. The molecular weight excluding hydrogens is 374 g/mol. The second-order valence-corrected chi connectivity index (χ2v) is 7.71. The Kier molecular flexibility index (Phi) is 6.40. The summed E-state index contributed by atoms with van der Waals surface area (Å²) in [5.41, 5.74) is 2.17. The van der Waals surface area contributed by atoms with Crippen LogP contribution in [0.5, 0.6) is 5.75 Å². The molecule has 0 aliphatic rings. The third-order valence-corrected chi connectivity index (χ3v) is 5.03. The molecule has 4 aromatic rings. The van der Waals surface area contributed by atoms with E-state index in [-0.39, 0.29) is 0 Å². The average molecular weight is 402 g/mol. The van der Waals surface area contributed by atoms with Crippen LogP contribution < -0.4 is 4.74 Å². The summed E-state index contributed by atoms with van der Waals surface area (Å²) in [5.74, 6) is 2.05. The maximum atomic E-state index is 5.88. The van der Waals surface area contributed by atoms with Crippen molar-refractivity contribution in [2.45, 2.75) is 19.3 Å². The van der Waals surface area contributed by atoms with Gasteiger partial charge in [0.25, 0.3) is 0 Å². The van der Waals surface area contributed by atoms with E-state index in [9.17, 15) is 0 Å². The number of aromatic nitrogens is 2. The number of ether oxygens (including phenoxy) is 1. The van der Waals surface area contributed by atoms with E-state index in [1.54, 1.807) is 0 Å². The van der Waals surface area contributed by atoms with Gasteiger partial charge in [0.2, 0.25) is 11.8 Å². The smallest absolute Gasteiger partial charge is 0.247 e. The van der Waals surface area contributed by atoms with Crippen molar-refractivity contribution >= 4 is 10.8 Å². The Balaban J connectivity index is 1.33. The van der Waals surface area contributed by atoms with Crippen molar-refractivity contribution in [3.8, 4) is 17.2 Å². The molecule has 0 bridgehead atoms. The summed E-state index contributed by atoms with van der Waals surface area (Å²) in [7, 11) is 4.13. The molecule has 0 saturated carbocycles. The fourth-order valence-electron chi connectivity index (χ4n) is 3.38. The highest BCUT2D eigenvalue weighted by atomic mass is 16.5. The maximum Gasteiger partial charge on any atom is 0.247 e. The van der Waals surface area contributed by atoms with Gasteiger partial charge in [-0.2, -0.15) is 0 Å². The first-order chi connectivity index (χ1) is 14.7. The second-order valence-electron chi connectivity index (χ2n) is 7.71. The Morgan fingerprint density at radius 2 is 1.67 bits per heavy atom. The van der Waals surface area contributed by atoms with Gasteiger partial charge in [0.1, 0.15) is 5.75 Å². The molecule has 0 aliphatic carbocycles. The van der Waals surface area contributed by atoms with Crippen molar-refractivity contribution < 1.29 is 9.15 Å². The Morgan fingerprint density at radius 3 is 2.47 bits per heavy atom. The van der Waals surface area contributed by atoms with Gasteiger partial charge in [-0.15, -0.1) is 10.2 Å². The standard InChI is InChI=1S/C25H27N3O2/c1-28(2)16-5-17-29-23-13-11-21(12-14-23)25-27-26-24(30-25)15-9-19-8-10-20-6-3-4-7-22(20)18-19/h3-4,6-8,10-14,18H,5,9,15-17H2,1-2H3. The Hall–Kier alpha value is -3.18. The summed E-state index contributed by atoms with van der Waals surface area (Å²) in [4.78, 5) is 2.15. The lowest BCUT2D eigenvalue weighted by Crippen LogP contribution is -2.15. The zero-order valence-corrected chi connectivity index (χ0v) is 17.5. The molecule has 1 aromatic heterocycles. The summed E-state index contributed by atoms with van der Waals surface area (Å²) >= 11 is 0. The van der Waals surface area contributed by atoms with Gasteiger partial charge in [-0.05, 0) is 67.5 Å². The number of benzene rings is 3. The summed E-state index contributed by atoms with van der Waals surface area (Å²) in [5, 5.41) is 10.9. The number of hydrogen-bond acceptors (Lipinski definition) is 5. The minimum absolute atomic E-state index is 0.544. The summed E-state index contributed by atoms with van der Waals surface area (Å²) in [6.07, 6.45) is 2.59. The number of fused-ring (bicyclic) bond motifs is 1. The van der Waals surface area contributed by atoms with Crippen molar-refractivity contribution in [3.63, 3.8) is 0 Å². The molecule has 5 heteroatoms. The van der Waals surface area contributed by atoms with Crippen LogP contribution in [0, 0.1) is 0 Å². The third kappa shape index (κ3) is 5.24. The fraction of sp³-hybridized carbons (Fsp3) is 0.280. The molecule has 0 spiro atoms.